The van der Waals surface area contributed by atoms with E-state index in [-0.39, 0.29) is 48.4 Å². The zero-order valence-corrected chi connectivity index (χ0v) is 16.4. The van der Waals surface area contributed by atoms with Crippen molar-refractivity contribution >= 4 is 11.8 Å². The summed E-state index contributed by atoms with van der Waals surface area (Å²) in [5.41, 5.74) is 1.60. The Kier molecular flexibility index (Phi) is 6.26. The first-order chi connectivity index (χ1) is 12.9. The number of carbonyl (C=O) groups excluding carboxylic acids is 2. The Morgan fingerprint density at radius 2 is 2.11 bits per heavy atom. The predicted molar refractivity (Wildman–Crippen MR) is 99.8 cm³/mol. The Balaban J connectivity index is 1.56. The van der Waals surface area contributed by atoms with E-state index in [9.17, 15) is 14.5 Å². The lowest BCUT2D eigenvalue weighted by atomic mass is 9.76. The summed E-state index contributed by atoms with van der Waals surface area (Å²) in [4.78, 5) is 36.8. The molecule has 0 aromatic carbocycles. The molecule has 3 rings (SSSR count). The number of rotatable bonds is 5. The van der Waals surface area contributed by atoms with Crippen LogP contribution in [0.2, 0.25) is 0 Å². The highest BCUT2D eigenvalue weighted by atomic mass is 16.5. The minimum Gasteiger partial charge on any atom is -0.355 e. The second kappa shape index (κ2) is 8.48. The van der Waals surface area contributed by atoms with Crippen molar-refractivity contribution in [1.29, 1.82) is 0 Å². The van der Waals surface area contributed by atoms with Gasteiger partial charge in [0.25, 0.3) is 0 Å². The molecule has 2 saturated heterocycles. The second-order valence-corrected chi connectivity index (χ2v) is 8.01. The van der Waals surface area contributed by atoms with E-state index in [0.717, 1.165) is 29.7 Å². The molecule has 5 unspecified atom stereocenters. The highest BCUT2D eigenvalue weighted by Crippen LogP contribution is 2.32. The fourth-order valence-corrected chi connectivity index (χ4v) is 4.68. The van der Waals surface area contributed by atoms with E-state index in [2.05, 4.69) is 22.9 Å². The Morgan fingerprint density at radius 3 is 2.81 bits per heavy atom. The lowest BCUT2D eigenvalue weighted by molar-refractivity contribution is -0.644. The molecule has 0 spiro atoms. The molecular formula is C19H31N4O4+. The number of hydrogen-bond donors (Lipinski definition) is 3. The molecule has 2 fully saturated rings. The van der Waals surface area contributed by atoms with Crippen molar-refractivity contribution in [2.75, 3.05) is 26.7 Å². The topological polar surface area (TPSA) is 99.5 Å². The normalized spacial score (nSPS) is 34.1. The van der Waals surface area contributed by atoms with E-state index >= 15 is 0 Å². The fraction of sp³-hybridized carbons (Fsp3) is 0.789. The van der Waals surface area contributed by atoms with Crippen LogP contribution in [-0.4, -0.2) is 61.6 Å². The van der Waals surface area contributed by atoms with Crippen molar-refractivity contribution in [2.24, 2.45) is 11.8 Å². The third-order valence-electron chi connectivity index (χ3n) is 6.24. The van der Waals surface area contributed by atoms with Gasteiger partial charge < -0.3 is 20.7 Å². The number of fused-ring (bicyclic) bond motifs is 1. The van der Waals surface area contributed by atoms with Gasteiger partial charge in [0.2, 0.25) is 11.8 Å². The van der Waals surface area contributed by atoms with E-state index in [4.69, 9.17) is 4.74 Å². The molecule has 3 aliphatic rings. The number of nitrogens with one attached hydrogen (secondary N) is 3. The molecule has 3 aliphatic heterocycles. The first-order valence-electron chi connectivity index (χ1n) is 9.87. The van der Waals surface area contributed by atoms with Crippen molar-refractivity contribution in [3.05, 3.63) is 16.1 Å². The Morgan fingerprint density at radius 1 is 1.33 bits per heavy atom. The largest absolute Gasteiger partial charge is 0.355 e. The highest BCUT2D eigenvalue weighted by molar-refractivity contribution is 6.00. The summed E-state index contributed by atoms with van der Waals surface area (Å²) < 4.78 is 6.07. The summed E-state index contributed by atoms with van der Waals surface area (Å²) in [6.45, 7) is 5.80. The second-order valence-electron chi connectivity index (χ2n) is 8.01. The molecule has 0 aliphatic carbocycles. The average Bonchev–Trinajstić information content (AvgIpc) is 2.63. The Bertz CT molecular complexity index is 648. The number of methoxy groups -OCH3 is 1. The van der Waals surface area contributed by atoms with Crippen LogP contribution in [0.5, 0.6) is 0 Å². The van der Waals surface area contributed by atoms with E-state index in [0.29, 0.717) is 25.1 Å². The van der Waals surface area contributed by atoms with Gasteiger partial charge in [-0.2, -0.15) is 0 Å². The molecule has 5 atom stereocenters. The summed E-state index contributed by atoms with van der Waals surface area (Å²) in [7, 11) is 1.54. The van der Waals surface area contributed by atoms with Crippen LogP contribution in [0.15, 0.2) is 11.1 Å². The number of nitroso groups, excluding NO2 is 1. The van der Waals surface area contributed by atoms with Crippen molar-refractivity contribution < 1.29 is 19.1 Å². The molecule has 0 radical (unpaired) electrons. The van der Waals surface area contributed by atoms with Gasteiger partial charge >= 0.3 is 6.23 Å². The Hall–Kier alpha value is -1.80. The molecule has 8 nitrogen and oxygen atoms in total. The maximum absolute atomic E-state index is 12.5. The van der Waals surface area contributed by atoms with Gasteiger partial charge in [-0.05, 0) is 33.2 Å². The van der Waals surface area contributed by atoms with Gasteiger partial charge in [-0.15, -0.1) is 0 Å². The molecule has 0 aromatic rings. The molecule has 3 N–H and O–H groups in total. The van der Waals surface area contributed by atoms with Crippen molar-refractivity contribution in [2.45, 2.75) is 57.8 Å². The number of nitrogens with zero attached hydrogens (tertiary/aromatic N) is 1. The van der Waals surface area contributed by atoms with Gasteiger partial charge in [0.1, 0.15) is 0 Å². The minimum atomic E-state index is -0.380. The van der Waals surface area contributed by atoms with E-state index in [1.54, 1.807) is 0 Å². The van der Waals surface area contributed by atoms with Gasteiger partial charge in [-0.1, -0.05) is 5.57 Å². The number of hydrogen-bond acceptors (Lipinski definition) is 5. The minimum absolute atomic E-state index is 0.0854. The van der Waals surface area contributed by atoms with Gasteiger partial charge in [-0.3, -0.25) is 9.59 Å². The third-order valence-corrected chi connectivity index (χ3v) is 6.24. The molecule has 0 bridgehead atoms. The smallest absolute Gasteiger partial charge is 0.304 e. The first-order valence-corrected chi connectivity index (χ1v) is 9.87. The number of piperidine rings is 2. The monoisotopic (exact) mass is 379 g/mol. The summed E-state index contributed by atoms with van der Waals surface area (Å²) in [5.74, 6) is 0.0580. The number of carbonyl (C=O) groups is 2. The van der Waals surface area contributed by atoms with Crippen LogP contribution in [0.3, 0.4) is 0 Å². The van der Waals surface area contributed by atoms with Gasteiger partial charge in [0.05, 0.1) is 6.42 Å². The van der Waals surface area contributed by atoms with Crippen LogP contribution in [0.4, 0.5) is 0 Å². The molecule has 0 saturated carbocycles. The highest BCUT2D eigenvalue weighted by Gasteiger charge is 2.39. The van der Waals surface area contributed by atoms with Crippen LogP contribution in [0.25, 0.3) is 0 Å². The maximum atomic E-state index is 12.5. The predicted octanol–water partition coefficient (Wildman–Crippen LogP) is 0.467. The quantitative estimate of drug-likeness (QED) is 0.603. The van der Waals surface area contributed by atoms with Crippen LogP contribution < -0.4 is 16.0 Å². The van der Waals surface area contributed by atoms with E-state index < -0.39 is 0 Å². The third kappa shape index (κ3) is 4.38. The molecular weight excluding hydrogens is 348 g/mol. The van der Waals surface area contributed by atoms with Crippen LogP contribution in [-0.2, 0) is 14.3 Å². The summed E-state index contributed by atoms with van der Waals surface area (Å²) in [5, 5.41) is 9.43. The standard InChI is InChI=1S/C19H30N4O4/c1-11-14(19(25)22-15-6-7-20-12(2)18(11)15)8-16(24)21-9-13-4-5-17(27-3)23(26)10-13/h12-13,15,17-18,20H,4-10H2,1-3H3,(H-,21,22,24,25)/p+1. The number of amides is 2. The van der Waals surface area contributed by atoms with Crippen molar-refractivity contribution in [3.63, 3.8) is 0 Å². The zero-order chi connectivity index (χ0) is 19.6. The molecule has 27 heavy (non-hydrogen) atoms. The zero-order valence-electron chi connectivity index (χ0n) is 16.4. The van der Waals surface area contributed by atoms with E-state index in [1.165, 1.54) is 7.11 Å². The van der Waals surface area contributed by atoms with Crippen molar-refractivity contribution in [3.8, 4) is 0 Å². The lowest BCUT2D eigenvalue weighted by Gasteiger charge is -2.42. The molecule has 0 aromatic heterocycles. The average molecular weight is 379 g/mol. The number of ether oxygens (including phenoxy) is 1. The molecule has 3 heterocycles. The molecule has 8 heteroatoms. The summed E-state index contributed by atoms with van der Waals surface area (Å²) in [6, 6.07) is 0.431. The summed E-state index contributed by atoms with van der Waals surface area (Å²) >= 11 is 0. The molecule has 150 valence electrons. The summed E-state index contributed by atoms with van der Waals surface area (Å²) in [6.07, 6.45) is 2.12. The van der Waals surface area contributed by atoms with Crippen LogP contribution in [0.1, 0.15) is 39.5 Å². The SMILES string of the molecule is COC1CCC(CNC(=O)CC2=C(C)C3C(C)NCCC3NC2=O)C[N+]1=O. The molecule has 2 amide bonds. The van der Waals surface area contributed by atoms with Gasteiger partial charge in [0.15, 0.2) is 6.54 Å². The van der Waals surface area contributed by atoms with E-state index in [1.807, 2.05) is 6.92 Å². The van der Waals surface area contributed by atoms with Gasteiger partial charge in [0, 0.05) is 59.2 Å². The van der Waals surface area contributed by atoms with Crippen LogP contribution in [0, 0.1) is 16.7 Å². The lowest BCUT2D eigenvalue weighted by Crippen LogP contribution is -2.57. The van der Waals surface area contributed by atoms with Gasteiger partial charge in [-0.25, -0.2) is 0 Å². The van der Waals surface area contributed by atoms with Crippen LogP contribution >= 0.6 is 0 Å². The van der Waals surface area contributed by atoms with Crippen molar-refractivity contribution in [1.82, 2.24) is 16.0 Å². The Labute approximate surface area is 160 Å². The fourth-order valence-electron chi connectivity index (χ4n) is 4.68. The maximum Gasteiger partial charge on any atom is 0.304 e. The first kappa shape index (κ1) is 19.9.